The quantitative estimate of drug-likeness (QED) is 0.775. The summed E-state index contributed by atoms with van der Waals surface area (Å²) < 4.78 is 38.7. The van der Waals surface area contributed by atoms with Crippen LogP contribution in [0.2, 0.25) is 0 Å². The first-order valence-electron chi connectivity index (χ1n) is 8.75. The third-order valence-corrected chi connectivity index (χ3v) is 6.03. The largest absolute Gasteiger partial charge is 0.312 e. The SMILES string of the molecule is CCCN1C(=O)CCc2cc(CS(=O)(=O)Cc3ccccc3F)ccc21. The summed E-state index contributed by atoms with van der Waals surface area (Å²) in [5, 5.41) is 0. The molecule has 0 spiro atoms. The number of carbonyl (C=O) groups is 1. The highest BCUT2D eigenvalue weighted by molar-refractivity contribution is 7.89. The van der Waals surface area contributed by atoms with Crippen LogP contribution in [-0.2, 0) is 32.6 Å². The van der Waals surface area contributed by atoms with Crippen molar-refractivity contribution in [3.8, 4) is 0 Å². The van der Waals surface area contributed by atoms with E-state index >= 15 is 0 Å². The second-order valence-electron chi connectivity index (χ2n) is 6.63. The maximum atomic E-state index is 13.7. The number of anilines is 1. The normalized spacial score (nSPS) is 14.4. The van der Waals surface area contributed by atoms with Crippen LogP contribution in [0, 0.1) is 5.82 Å². The van der Waals surface area contributed by atoms with Crippen molar-refractivity contribution in [2.75, 3.05) is 11.4 Å². The minimum atomic E-state index is -3.49. The topological polar surface area (TPSA) is 54.5 Å². The molecule has 2 aromatic carbocycles. The van der Waals surface area contributed by atoms with Gasteiger partial charge < -0.3 is 4.90 Å². The Labute approximate surface area is 153 Å². The van der Waals surface area contributed by atoms with Gasteiger partial charge in [-0.15, -0.1) is 0 Å². The number of nitrogens with zero attached hydrogens (tertiary/aromatic N) is 1. The van der Waals surface area contributed by atoms with E-state index < -0.39 is 15.7 Å². The molecule has 0 aliphatic carbocycles. The van der Waals surface area contributed by atoms with Gasteiger partial charge in [-0.1, -0.05) is 37.3 Å². The second-order valence-corrected chi connectivity index (χ2v) is 8.70. The first-order valence-corrected chi connectivity index (χ1v) is 10.6. The van der Waals surface area contributed by atoms with Crippen molar-refractivity contribution >= 4 is 21.4 Å². The molecular weight excluding hydrogens is 353 g/mol. The Kier molecular flexibility index (Phi) is 5.41. The molecule has 6 heteroatoms. The molecule has 1 aliphatic heterocycles. The monoisotopic (exact) mass is 375 g/mol. The molecule has 4 nitrogen and oxygen atoms in total. The molecule has 0 aromatic heterocycles. The maximum absolute atomic E-state index is 13.7. The number of carbonyl (C=O) groups excluding carboxylic acids is 1. The number of benzene rings is 2. The fourth-order valence-corrected chi connectivity index (χ4v) is 4.83. The van der Waals surface area contributed by atoms with Crippen molar-refractivity contribution in [1.82, 2.24) is 0 Å². The van der Waals surface area contributed by atoms with Crippen molar-refractivity contribution in [3.05, 3.63) is 65.0 Å². The minimum Gasteiger partial charge on any atom is -0.312 e. The van der Waals surface area contributed by atoms with Crippen LogP contribution in [0.15, 0.2) is 42.5 Å². The van der Waals surface area contributed by atoms with Crippen LogP contribution in [0.5, 0.6) is 0 Å². The molecule has 0 saturated heterocycles. The molecule has 0 atom stereocenters. The van der Waals surface area contributed by atoms with Crippen LogP contribution in [0.4, 0.5) is 10.1 Å². The molecule has 0 saturated carbocycles. The molecule has 2 aromatic rings. The third kappa shape index (κ3) is 4.12. The molecule has 0 radical (unpaired) electrons. The molecule has 0 fully saturated rings. The molecule has 26 heavy (non-hydrogen) atoms. The van der Waals surface area contributed by atoms with Crippen molar-refractivity contribution in [1.29, 1.82) is 0 Å². The summed E-state index contributed by atoms with van der Waals surface area (Å²) in [5.41, 5.74) is 2.73. The average Bonchev–Trinajstić information content (AvgIpc) is 2.59. The number of amides is 1. The average molecular weight is 375 g/mol. The van der Waals surface area contributed by atoms with Gasteiger partial charge in [-0.05, 0) is 36.1 Å². The molecule has 3 rings (SSSR count). The summed E-state index contributed by atoms with van der Waals surface area (Å²) in [7, 11) is -3.49. The molecule has 1 aliphatic rings. The van der Waals surface area contributed by atoms with Crippen LogP contribution in [0.1, 0.15) is 36.5 Å². The van der Waals surface area contributed by atoms with Gasteiger partial charge in [-0.3, -0.25) is 4.79 Å². The standard InChI is InChI=1S/C20H22FNO3S/c1-2-11-22-19-9-7-15(12-16(19)8-10-20(22)23)13-26(24,25)14-17-5-3-4-6-18(17)21/h3-7,9,12H,2,8,10-11,13-14H2,1H3. The summed E-state index contributed by atoms with van der Waals surface area (Å²) in [5.74, 6) is -0.859. The van der Waals surface area contributed by atoms with Crippen molar-refractivity contribution in [2.24, 2.45) is 0 Å². The van der Waals surface area contributed by atoms with E-state index in [9.17, 15) is 17.6 Å². The Morgan fingerprint density at radius 3 is 2.58 bits per heavy atom. The van der Waals surface area contributed by atoms with Gasteiger partial charge in [0.25, 0.3) is 0 Å². The van der Waals surface area contributed by atoms with Gasteiger partial charge in [0, 0.05) is 24.2 Å². The van der Waals surface area contributed by atoms with Crippen LogP contribution < -0.4 is 4.90 Å². The van der Waals surface area contributed by atoms with Crippen LogP contribution in [0.3, 0.4) is 0 Å². The number of sulfone groups is 1. The highest BCUT2D eigenvalue weighted by Gasteiger charge is 2.24. The number of aryl methyl sites for hydroxylation is 1. The molecule has 0 unspecified atom stereocenters. The van der Waals surface area contributed by atoms with Crippen LogP contribution >= 0.6 is 0 Å². The summed E-state index contributed by atoms with van der Waals surface area (Å²) in [6.45, 7) is 2.68. The van der Waals surface area contributed by atoms with Gasteiger partial charge in [0.05, 0.1) is 11.5 Å². The molecule has 0 N–H and O–H groups in total. The Hall–Kier alpha value is -2.21. The fourth-order valence-electron chi connectivity index (χ4n) is 3.33. The maximum Gasteiger partial charge on any atom is 0.227 e. The van der Waals surface area contributed by atoms with Gasteiger partial charge in [-0.2, -0.15) is 0 Å². The van der Waals surface area contributed by atoms with Crippen LogP contribution in [0.25, 0.3) is 0 Å². The van der Waals surface area contributed by atoms with Crippen molar-refractivity contribution in [2.45, 2.75) is 37.7 Å². The van der Waals surface area contributed by atoms with Crippen molar-refractivity contribution < 1.29 is 17.6 Å². The van der Waals surface area contributed by atoms with E-state index in [1.54, 1.807) is 17.0 Å². The van der Waals surface area contributed by atoms with Crippen LogP contribution in [-0.4, -0.2) is 20.9 Å². The van der Waals surface area contributed by atoms with Gasteiger partial charge in [0.2, 0.25) is 5.91 Å². The lowest BCUT2D eigenvalue weighted by Crippen LogP contribution is -2.35. The highest BCUT2D eigenvalue weighted by atomic mass is 32.2. The van der Waals surface area contributed by atoms with E-state index in [1.165, 1.54) is 18.2 Å². The van der Waals surface area contributed by atoms with Gasteiger partial charge in [0.1, 0.15) is 5.82 Å². The zero-order valence-electron chi connectivity index (χ0n) is 14.7. The molecule has 1 heterocycles. The van der Waals surface area contributed by atoms with Gasteiger partial charge in [0.15, 0.2) is 9.84 Å². The molecular formula is C20H22FNO3S. The minimum absolute atomic E-state index is 0.110. The number of rotatable bonds is 6. The zero-order valence-corrected chi connectivity index (χ0v) is 15.6. The molecule has 138 valence electrons. The van der Waals surface area contributed by atoms with E-state index in [1.807, 2.05) is 19.1 Å². The van der Waals surface area contributed by atoms with E-state index in [-0.39, 0.29) is 23.0 Å². The number of hydrogen-bond acceptors (Lipinski definition) is 3. The smallest absolute Gasteiger partial charge is 0.227 e. The van der Waals surface area contributed by atoms with Gasteiger partial charge >= 0.3 is 0 Å². The zero-order chi connectivity index (χ0) is 18.7. The lowest BCUT2D eigenvalue weighted by atomic mass is 9.99. The Morgan fingerprint density at radius 2 is 1.85 bits per heavy atom. The summed E-state index contributed by atoms with van der Waals surface area (Å²) in [4.78, 5) is 13.9. The number of hydrogen-bond donors (Lipinski definition) is 0. The Balaban J connectivity index is 1.81. The van der Waals surface area contributed by atoms with E-state index in [2.05, 4.69) is 0 Å². The van der Waals surface area contributed by atoms with E-state index in [0.29, 0.717) is 24.9 Å². The highest BCUT2D eigenvalue weighted by Crippen LogP contribution is 2.29. The summed E-state index contributed by atoms with van der Waals surface area (Å²) in [6, 6.07) is 11.4. The number of halogens is 1. The third-order valence-electron chi connectivity index (χ3n) is 4.51. The summed E-state index contributed by atoms with van der Waals surface area (Å²) in [6.07, 6.45) is 1.93. The predicted molar refractivity (Wildman–Crippen MR) is 100 cm³/mol. The van der Waals surface area contributed by atoms with E-state index in [4.69, 9.17) is 0 Å². The first-order chi connectivity index (χ1) is 12.4. The fraction of sp³-hybridized carbons (Fsp3) is 0.350. The number of fused-ring (bicyclic) bond motifs is 1. The second kappa shape index (κ2) is 7.58. The lowest BCUT2D eigenvalue weighted by Gasteiger charge is -2.29. The summed E-state index contributed by atoms with van der Waals surface area (Å²) >= 11 is 0. The van der Waals surface area contributed by atoms with Gasteiger partial charge in [-0.25, -0.2) is 12.8 Å². The Bertz CT molecular complexity index is 924. The lowest BCUT2D eigenvalue weighted by molar-refractivity contribution is -0.118. The first kappa shape index (κ1) is 18.6. The Morgan fingerprint density at radius 1 is 1.08 bits per heavy atom. The van der Waals surface area contributed by atoms with Crippen molar-refractivity contribution in [3.63, 3.8) is 0 Å². The van der Waals surface area contributed by atoms with E-state index in [0.717, 1.165) is 17.7 Å². The molecule has 1 amide bonds. The molecule has 0 bridgehead atoms. The predicted octanol–water partition coefficient (Wildman–Crippen LogP) is 3.63.